The molecule has 1 aliphatic rings. The second-order valence-electron chi connectivity index (χ2n) is 6.53. The van der Waals surface area contributed by atoms with Crippen molar-refractivity contribution in [1.82, 2.24) is 4.31 Å². The van der Waals surface area contributed by atoms with E-state index in [1.165, 1.54) is 10.4 Å². The lowest BCUT2D eigenvalue weighted by molar-refractivity contribution is 0.102. The summed E-state index contributed by atoms with van der Waals surface area (Å²) in [6.07, 6.45) is 1.71. The molecule has 7 heteroatoms. The summed E-state index contributed by atoms with van der Waals surface area (Å²) in [5.41, 5.74) is 1.99. The van der Waals surface area contributed by atoms with Gasteiger partial charge in [-0.3, -0.25) is 4.79 Å². The highest BCUT2D eigenvalue weighted by atomic mass is 32.2. The van der Waals surface area contributed by atoms with Gasteiger partial charge >= 0.3 is 0 Å². The molecule has 1 N–H and O–H groups in total. The monoisotopic (exact) mass is 388 g/mol. The third-order valence-electron chi connectivity index (χ3n) is 4.50. The summed E-state index contributed by atoms with van der Waals surface area (Å²) in [6, 6.07) is 11.9. The predicted octanol–water partition coefficient (Wildman–Crippen LogP) is 3.43. The molecule has 0 atom stereocenters. The third kappa shape index (κ3) is 4.31. The van der Waals surface area contributed by atoms with Gasteiger partial charge in [0.25, 0.3) is 5.91 Å². The van der Waals surface area contributed by atoms with Crippen molar-refractivity contribution in [2.24, 2.45) is 0 Å². The molecule has 2 aromatic carbocycles. The van der Waals surface area contributed by atoms with Crippen LogP contribution in [0.5, 0.6) is 5.75 Å². The van der Waals surface area contributed by atoms with Gasteiger partial charge in [0.05, 0.1) is 6.61 Å². The van der Waals surface area contributed by atoms with Crippen molar-refractivity contribution in [3.05, 3.63) is 53.6 Å². The zero-order valence-electron chi connectivity index (χ0n) is 15.6. The van der Waals surface area contributed by atoms with Crippen molar-refractivity contribution in [3.63, 3.8) is 0 Å². The van der Waals surface area contributed by atoms with E-state index in [9.17, 15) is 13.2 Å². The van der Waals surface area contributed by atoms with Gasteiger partial charge in [-0.25, -0.2) is 8.42 Å². The topological polar surface area (TPSA) is 75.7 Å². The van der Waals surface area contributed by atoms with E-state index < -0.39 is 10.0 Å². The van der Waals surface area contributed by atoms with Gasteiger partial charge in [0.2, 0.25) is 10.0 Å². The van der Waals surface area contributed by atoms with Crippen LogP contribution in [0.4, 0.5) is 5.69 Å². The number of carbonyl (C=O) groups is 1. The molecule has 0 unspecified atom stereocenters. The number of sulfonamides is 1. The minimum Gasteiger partial charge on any atom is -0.492 e. The van der Waals surface area contributed by atoms with Crippen molar-refractivity contribution in [1.29, 1.82) is 0 Å². The quantitative estimate of drug-likeness (QED) is 0.823. The van der Waals surface area contributed by atoms with E-state index in [2.05, 4.69) is 5.32 Å². The Balaban J connectivity index is 1.91. The van der Waals surface area contributed by atoms with E-state index in [-0.39, 0.29) is 10.8 Å². The van der Waals surface area contributed by atoms with Gasteiger partial charge in [0.15, 0.2) is 0 Å². The fourth-order valence-electron chi connectivity index (χ4n) is 3.04. The van der Waals surface area contributed by atoms with Crippen LogP contribution >= 0.6 is 0 Å². The second-order valence-corrected chi connectivity index (χ2v) is 8.43. The zero-order chi connectivity index (χ0) is 19.4. The molecule has 1 heterocycles. The average molecular weight is 388 g/mol. The molecular formula is C20H24N2O4S. The number of hydrogen-bond acceptors (Lipinski definition) is 4. The molecule has 0 saturated carbocycles. The van der Waals surface area contributed by atoms with Gasteiger partial charge in [-0.05, 0) is 57.0 Å². The van der Waals surface area contributed by atoms with E-state index in [0.717, 1.165) is 18.4 Å². The van der Waals surface area contributed by atoms with Crippen LogP contribution in [0, 0.1) is 6.92 Å². The number of anilines is 1. The third-order valence-corrected chi connectivity index (χ3v) is 6.42. The number of carbonyl (C=O) groups excluding carboxylic acids is 1. The highest BCUT2D eigenvalue weighted by Gasteiger charge is 2.30. The molecule has 6 nitrogen and oxygen atoms in total. The van der Waals surface area contributed by atoms with E-state index in [4.69, 9.17) is 4.74 Å². The molecular weight excluding hydrogens is 364 g/mol. The number of nitrogens with one attached hydrogen (secondary N) is 1. The number of rotatable bonds is 6. The zero-order valence-corrected chi connectivity index (χ0v) is 16.4. The van der Waals surface area contributed by atoms with Gasteiger partial charge < -0.3 is 10.1 Å². The van der Waals surface area contributed by atoms with Crippen molar-refractivity contribution in [2.75, 3.05) is 25.0 Å². The second kappa shape index (κ2) is 8.10. The van der Waals surface area contributed by atoms with Crippen LogP contribution < -0.4 is 10.1 Å². The number of nitrogens with zero attached hydrogens (tertiary/aromatic N) is 1. The first-order valence-electron chi connectivity index (χ1n) is 9.07. The Morgan fingerprint density at radius 3 is 2.41 bits per heavy atom. The molecule has 144 valence electrons. The highest BCUT2D eigenvalue weighted by Crippen LogP contribution is 2.31. The first kappa shape index (κ1) is 19.4. The molecule has 0 spiro atoms. The van der Waals surface area contributed by atoms with Gasteiger partial charge in [-0.2, -0.15) is 4.31 Å². The molecule has 0 aliphatic carbocycles. The Kier molecular flexibility index (Phi) is 5.82. The number of benzene rings is 2. The Morgan fingerprint density at radius 2 is 1.78 bits per heavy atom. The van der Waals surface area contributed by atoms with Crippen molar-refractivity contribution < 1.29 is 17.9 Å². The predicted molar refractivity (Wildman–Crippen MR) is 105 cm³/mol. The standard InChI is InChI=1S/C20H24N2O4S/c1-3-26-18-11-10-17(21-20(23)16-8-6-15(2)7-9-16)14-19(18)27(24,25)22-12-4-5-13-22/h6-11,14H,3-5,12-13H2,1-2H3,(H,21,23). The summed E-state index contributed by atoms with van der Waals surface area (Å²) in [6.45, 7) is 5.13. The Bertz CT molecular complexity index is 917. The minimum absolute atomic E-state index is 0.0907. The molecule has 1 saturated heterocycles. The Hall–Kier alpha value is -2.38. The van der Waals surface area contributed by atoms with Crippen molar-refractivity contribution in [2.45, 2.75) is 31.6 Å². The van der Waals surface area contributed by atoms with Crippen LogP contribution in [0.15, 0.2) is 47.4 Å². The SMILES string of the molecule is CCOc1ccc(NC(=O)c2ccc(C)cc2)cc1S(=O)(=O)N1CCCC1. The lowest BCUT2D eigenvalue weighted by Gasteiger charge is -2.19. The number of aryl methyl sites for hydroxylation is 1. The van der Waals surface area contributed by atoms with Crippen LogP contribution in [0.1, 0.15) is 35.7 Å². The Morgan fingerprint density at radius 1 is 1.11 bits per heavy atom. The molecule has 1 fully saturated rings. The molecule has 0 bridgehead atoms. The summed E-state index contributed by atoms with van der Waals surface area (Å²) in [4.78, 5) is 12.5. The van der Waals surface area contributed by atoms with Crippen LogP contribution in [0.3, 0.4) is 0 Å². The normalized spacial score (nSPS) is 14.9. The van der Waals surface area contributed by atoms with E-state index >= 15 is 0 Å². The summed E-state index contributed by atoms with van der Waals surface area (Å²) in [5, 5.41) is 2.77. The first-order chi connectivity index (χ1) is 12.9. The van der Waals surface area contributed by atoms with Crippen LogP contribution in [0.2, 0.25) is 0 Å². The molecule has 2 aromatic rings. The smallest absolute Gasteiger partial charge is 0.255 e. The first-order valence-corrected chi connectivity index (χ1v) is 10.5. The van der Waals surface area contributed by atoms with Crippen LogP contribution in [-0.2, 0) is 10.0 Å². The van der Waals surface area contributed by atoms with Gasteiger partial charge in [0.1, 0.15) is 10.6 Å². The van der Waals surface area contributed by atoms with Crippen LogP contribution in [-0.4, -0.2) is 38.3 Å². The highest BCUT2D eigenvalue weighted by molar-refractivity contribution is 7.89. The number of amides is 1. The van der Waals surface area contributed by atoms with Gasteiger partial charge in [-0.1, -0.05) is 17.7 Å². The lowest BCUT2D eigenvalue weighted by Crippen LogP contribution is -2.28. The van der Waals surface area contributed by atoms with Crippen molar-refractivity contribution >= 4 is 21.6 Å². The summed E-state index contributed by atoms with van der Waals surface area (Å²) >= 11 is 0. The van der Waals surface area contributed by atoms with Crippen molar-refractivity contribution in [3.8, 4) is 5.75 Å². The lowest BCUT2D eigenvalue weighted by atomic mass is 10.1. The average Bonchev–Trinajstić information content (AvgIpc) is 3.19. The summed E-state index contributed by atoms with van der Waals surface area (Å²) in [7, 11) is -3.66. The summed E-state index contributed by atoms with van der Waals surface area (Å²) in [5.74, 6) is 0.0152. The van der Waals surface area contributed by atoms with E-state index in [1.54, 1.807) is 31.2 Å². The minimum atomic E-state index is -3.66. The van der Waals surface area contributed by atoms with E-state index in [1.807, 2.05) is 19.1 Å². The molecule has 1 amide bonds. The molecule has 1 aliphatic heterocycles. The number of ether oxygens (including phenoxy) is 1. The van der Waals surface area contributed by atoms with Gasteiger partial charge in [0, 0.05) is 24.3 Å². The Labute approximate surface area is 160 Å². The summed E-state index contributed by atoms with van der Waals surface area (Å²) < 4.78 is 33.0. The maximum absolute atomic E-state index is 13.0. The maximum Gasteiger partial charge on any atom is 0.255 e. The molecule has 0 aromatic heterocycles. The molecule has 0 radical (unpaired) electrons. The molecule has 27 heavy (non-hydrogen) atoms. The largest absolute Gasteiger partial charge is 0.492 e. The number of hydrogen-bond donors (Lipinski definition) is 1. The van der Waals surface area contributed by atoms with E-state index in [0.29, 0.717) is 36.7 Å². The molecule has 3 rings (SSSR count). The van der Waals surface area contributed by atoms with Gasteiger partial charge in [-0.15, -0.1) is 0 Å². The fourth-order valence-corrected chi connectivity index (χ4v) is 4.71. The fraction of sp³-hybridized carbons (Fsp3) is 0.350. The maximum atomic E-state index is 13.0. The van der Waals surface area contributed by atoms with Crippen LogP contribution in [0.25, 0.3) is 0 Å².